The van der Waals surface area contributed by atoms with Crippen molar-refractivity contribution >= 4 is 57.2 Å². The lowest BCUT2D eigenvalue weighted by molar-refractivity contribution is -0.113. The maximum atomic E-state index is 13.0. The van der Waals surface area contributed by atoms with Gasteiger partial charge in [0.15, 0.2) is 4.32 Å². The van der Waals surface area contributed by atoms with Gasteiger partial charge in [-0.3, -0.25) is 9.69 Å². The van der Waals surface area contributed by atoms with Crippen molar-refractivity contribution in [2.75, 3.05) is 16.3 Å². The lowest BCUT2D eigenvalue weighted by Gasteiger charge is -2.42. The molecular formula is C24H24N2OS2. The van der Waals surface area contributed by atoms with E-state index in [0.717, 1.165) is 17.8 Å². The van der Waals surface area contributed by atoms with Gasteiger partial charge in [0.05, 0.1) is 16.1 Å². The van der Waals surface area contributed by atoms with Crippen molar-refractivity contribution < 1.29 is 4.79 Å². The molecule has 1 saturated heterocycles. The highest BCUT2D eigenvalue weighted by atomic mass is 32.2. The average Bonchev–Trinajstić information content (AvgIpc) is 2.95. The maximum absolute atomic E-state index is 13.0. The molecule has 5 heteroatoms. The number of likely N-dealkylation sites (N-methyl/N-ethyl adjacent to an activating group) is 1. The maximum Gasteiger partial charge on any atom is 0.270 e. The zero-order valence-electron chi connectivity index (χ0n) is 17.1. The number of fused-ring (bicyclic) bond motifs is 1. The molecule has 2 heterocycles. The molecule has 29 heavy (non-hydrogen) atoms. The first-order chi connectivity index (χ1) is 13.8. The molecule has 0 N–H and O–H groups in total. The Kier molecular flexibility index (Phi) is 5.13. The highest BCUT2D eigenvalue weighted by Crippen LogP contribution is 2.40. The van der Waals surface area contributed by atoms with Gasteiger partial charge in [0.25, 0.3) is 5.91 Å². The standard InChI is InChI=1S/C24H24N2OS2/c1-5-25-20-12-11-17(13-19(20)16(2)15-24(25,3)4)14-21-22(27)26(23(28)29-21)18-9-7-6-8-10-18/h6-15H,5H2,1-4H3/b21-14-. The second kappa shape index (κ2) is 7.47. The number of hydrogen-bond acceptors (Lipinski definition) is 4. The molecule has 0 bridgehead atoms. The second-order valence-electron chi connectivity index (χ2n) is 7.85. The summed E-state index contributed by atoms with van der Waals surface area (Å²) in [5, 5.41) is 0. The van der Waals surface area contributed by atoms with Crippen LogP contribution in [0, 0.1) is 0 Å². The highest BCUT2D eigenvalue weighted by Gasteiger charge is 2.34. The Morgan fingerprint density at radius 2 is 1.86 bits per heavy atom. The number of allylic oxidation sites excluding steroid dienone is 1. The molecule has 2 aromatic carbocycles. The Morgan fingerprint density at radius 1 is 1.14 bits per heavy atom. The van der Waals surface area contributed by atoms with Gasteiger partial charge in [0, 0.05) is 17.8 Å². The Bertz CT molecular complexity index is 1050. The van der Waals surface area contributed by atoms with E-state index in [0.29, 0.717) is 9.23 Å². The molecule has 0 spiro atoms. The van der Waals surface area contributed by atoms with Gasteiger partial charge < -0.3 is 4.90 Å². The van der Waals surface area contributed by atoms with Crippen molar-refractivity contribution in [3.8, 4) is 0 Å². The number of rotatable bonds is 3. The van der Waals surface area contributed by atoms with Crippen LogP contribution in [0.25, 0.3) is 11.6 Å². The number of carbonyl (C=O) groups excluding carboxylic acids is 1. The van der Waals surface area contributed by atoms with Gasteiger partial charge in [0.1, 0.15) is 0 Å². The lowest BCUT2D eigenvalue weighted by atomic mass is 9.88. The summed E-state index contributed by atoms with van der Waals surface area (Å²) in [6.07, 6.45) is 4.27. The zero-order valence-corrected chi connectivity index (χ0v) is 18.7. The van der Waals surface area contributed by atoms with E-state index in [1.165, 1.54) is 28.6 Å². The number of anilines is 2. The molecule has 1 fully saturated rings. The van der Waals surface area contributed by atoms with Crippen LogP contribution in [0.2, 0.25) is 0 Å². The lowest BCUT2D eigenvalue weighted by Crippen LogP contribution is -2.44. The quantitative estimate of drug-likeness (QED) is 0.441. The summed E-state index contributed by atoms with van der Waals surface area (Å²) in [6, 6.07) is 16.0. The molecule has 0 unspecified atom stereocenters. The fourth-order valence-electron chi connectivity index (χ4n) is 4.19. The molecule has 4 rings (SSSR count). The van der Waals surface area contributed by atoms with Crippen molar-refractivity contribution in [3.05, 3.63) is 70.6 Å². The van der Waals surface area contributed by atoms with Crippen molar-refractivity contribution in [3.63, 3.8) is 0 Å². The van der Waals surface area contributed by atoms with Crippen LogP contribution < -0.4 is 9.80 Å². The second-order valence-corrected chi connectivity index (χ2v) is 9.53. The smallest absolute Gasteiger partial charge is 0.270 e. The Balaban J connectivity index is 1.69. The van der Waals surface area contributed by atoms with Crippen LogP contribution in [-0.2, 0) is 4.79 Å². The van der Waals surface area contributed by atoms with Crippen LogP contribution in [0.1, 0.15) is 38.8 Å². The van der Waals surface area contributed by atoms with Crippen LogP contribution >= 0.6 is 24.0 Å². The minimum absolute atomic E-state index is 0.00847. The molecule has 0 atom stereocenters. The molecule has 0 aromatic heterocycles. The third-order valence-electron chi connectivity index (χ3n) is 5.42. The van der Waals surface area contributed by atoms with Crippen LogP contribution in [-0.4, -0.2) is 22.3 Å². The molecule has 2 aliphatic rings. The van der Waals surface area contributed by atoms with Gasteiger partial charge in [-0.15, -0.1) is 0 Å². The molecule has 0 aliphatic carbocycles. The molecule has 2 aromatic rings. The van der Waals surface area contributed by atoms with Crippen molar-refractivity contribution in [1.29, 1.82) is 0 Å². The molecule has 0 saturated carbocycles. The molecule has 0 radical (unpaired) electrons. The van der Waals surface area contributed by atoms with Gasteiger partial charge in [0.2, 0.25) is 0 Å². The predicted molar refractivity (Wildman–Crippen MR) is 129 cm³/mol. The summed E-state index contributed by atoms with van der Waals surface area (Å²) in [7, 11) is 0. The Morgan fingerprint density at radius 3 is 2.55 bits per heavy atom. The predicted octanol–water partition coefficient (Wildman–Crippen LogP) is 6.11. The largest absolute Gasteiger partial charge is 0.363 e. The summed E-state index contributed by atoms with van der Waals surface area (Å²) in [5.74, 6) is -0.0625. The van der Waals surface area contributed by atoms with E-state index in [1.807, 2.05) is 36.4 Å². The summed E-state index contributed by atoms with van der Waals surface area (Å²) >= 11 is 6.84. The van der Waals surface area contributed by atoms with Crippen LogP contribution in [0.4, 0.5) is 11.4 Å². The summed E-state index contributed by atoms with van der Waals surface area (Å²) in [4.78, 5) is 17.7. The molecule has 3 nitrogen and oxygen atoms in total. The van der Waals surface area contributed by atoms with Crippen LogP contribution in [0.5, 0.6) is 0 Å². The summed E-state index contributed by atoms with van der Waals surface area (Å²) in [5.41, 5.74) is 5.54. The first-order valence-electron chi connectivity index (χ1n) is 9.76. The summed E-state index contributed by atoms with van der Waals surface area (Å²) < 4.78 is 0.570. The number of benzene rings is 2. The van der Waals surface area contributed by atoms with Gasteiger partial charge in [-0.1, -0.05) is 54.3 Å². The normalized spacial score (nSPS) is 19.6. The van der Waals surface area contributed by atoms with E-state index < -0.39 is 0 Å². The number of amides is 1. The van der Waals surface area contributed by atoms with Crippen molar-refractivity contribution in [1.82, 2.24) is 0 Å². The fraction of sp³-hybridized carbons (Fsp3) is 0.250. The summed E-state index contributed by atoms with van der Waals surface area (Å²) in [6.45, 7) is 9.77. The molecular weight excluding hydrogens is 396 g/mol. The van der Waals surface area contributed by atoms with E-state index in [1.54, 1.807) is 4.90 Å². The highest BCUT2D eigenvalue weighted by molar-refractivity contribution is 8.27. The van der Waals surface area contributed by atoms with Crippen molar-refractivity contribution in [2.45, 2.75) is 33.2 Å². The number of carbonyl (C=O) groups is 1. The van der Waals surface area contributed by atoms with E-state index in [9.17, 15) is 4.79 Å². The van der Waals surface area contributed by atoms with Crippen LogP contribution in [0.3, 0.4) is 0 Å². The van der Waals surface area contributed by atoms with E-state index in [2.05, 4.69) is 56.9 Å². The zero-order chi connectivity index (χ0) is 20.8. The minimum Gasteiger partial charge on any atom is -0.363 e. The first-order valence-corrected chi connectivity index (χ1v) is 11.0. The third-order valence-corrected chi connectivity index (χ3v) is 6.73. The number of para-hydroxylation sites is 1. The molecule has 2 aliphatic heterocycles. The number of nitrogens with zero attached hydrogens (tertiary/aromatic N) is 2. The number of thioether (sulfide) groups is 1. The van der Waals surface area contributed by atoms with E-state index >= 15 is 0 Å². The Hall–Kier alpha value is -2.37. The number of thiocarbonyl (C=S) groups is 1. The third kappa shape index (κ3) is 3.53. The van der Waals surface area contributed by atoms with E-state index in [4.69, 9.17) is 12.2 Å². The molecule has 148 valence electrons. The molecule has 1 amide bonds. The minimum atomic E-state index is -0.0625. The Labute approximate surface area is 182 Å². The van der Waals surface area contributed by atoms with Gasteiger partial charge >= 0.3 is 0 Å². The van der Waals surface area contributed by atoms with Gasteiger partial charge in [-0.05, 0) is 69.2 Å². The number of hydrogen-bond donors (Lipinski definition) is 0. The van der Waals surface area contributed by atoms with Gasteiger partial charge in [-0.2, -0.15) is 0 Å². The van der Waals surface area contributed by atoms with E-state index in [-0.39, 0.29) is 11.4 Å². The van der Waals surface area contributed by atoms with Crippen molar-refractivity contribution in [2.24, 2.45) is 0 Å². The fourth-order valence-corrected chi connectivity index (χ4v) is 5.49. The SMILES string of the molecule is CCN1c2ccc(/C=C3\SC(=S)N(c4ccccc4)C3=O)cc2C(C)=CC1(C)C. The van der Waals surface area contributed by atoms with Gasteiger partial charge in [-0.25, -0.2) is 0 Å². The average molecular weight is 421 g/mol. The topological polar surface area (TPSA) is 23.6 Å². The first kappa shape index (κ1) is 19.9. The van der Waals surface area contributed by atoms with Crippen LogP contribution in [0.15, 0.2) is 59.5 Å². The monoisotopic (exact) mass is 420 g/mol.